The Morgan fingerprint density at radius 2 is 1.81 bits per heavy atom. The molecule has 1 fully saturated rings. The normalized spacial score (nSPS) is 27.8. The Morgan fingerprint density at radius 1 is 1.25 bits per heavy atom. The summed E-state index contributed by atoms with van der Waals surface area (Å²) in [6.07, 6.45) is 0. The summed E-state index contributed by atoms with van der Waals surface area (Å²) in [6, 6.07) is 7.50. The zero-order valence-electron chi connectivity index (χ0n) is 9.55. The number of nitrogens with two attached hydrogens (primary N) is 1. The molecule has 1 aliphatic heterocycles. The van der Waals surface area contributed by atoms with E-state index in [1.807, 2.05) is 24.3 Å². The number of rotatable bonds is 2. The van der Waals surface area contributed by atoms with Gasteiger partial charge in [0, 0.05) is 6.04 Å². The van der Waals surface area contributed by atoms with E-state index < -0.39 is 15.1 Å². The Hall–Kier alpha value is -0.870. The van der Waals surface area contributed by atoms with E-state index in [0.29, 0.717) is 5.92 Å². The van der Waals surface area contributed by atoms with Crippen LogP contribution in [0.2, 0.25) is 0 Å². The molecular weight excluding hydrogens is 222 g/mol. The minimum absolute atomic E-state index is 0.115. The van der Waals surface area contributed by atoms with Crippen molar-refractivity contribution >= 4 is 9.84 Å². The first-order chi connectivity index (χ1) is 7.42. The monoisotopic (exact) mass is 239 g/mol. The highest BCUT2D eigenvalue weighted by Gasteiger charge is 2.44. The first-order valence-corrected chi connectivity index (χ1v) is 7.20. The fourth-order valence-electron chi connectivity index (χ4n) is 2.13. The quantitative estimate of drug-likeness (QED) is 0.853. The maximum Gasteiger partial charge on any atom is 0.160 e. The summed E-state index contributed by atoms with van der Waals surface area (Å²) in [5.74, 6) is 0.574. The zero-order valence-corrected chi connectivity index (χ0v) is 10.4. The molecular formula is C12H17NO2S. The molecule has 3 nitrogen and oxygen atoms in total. The van der Waals surface area contributed by atoms with E-state index in [1.54, 1.807) is 0 Å². The van der Waals surface area contributed by atoms with E-state index >= 15 is 0 Å². The van der Waals surface area contributed by atoms with Crippen molar-refractivity contribution in [3.63, 3.8) is 0 Å². The van der Waals surface area contributed by atoms with E-state index in [4.69, 9.17) is 5.73 Å². The number of hydrogen-bond acceptors (Lipinski definition) is 3. The van der Waals surface area contributed by atoms with Gasteiger partial charge >= 0.3 is 0 Å². The van der Waals surface area contributed by atoms with Gasteiger partial charge in [0.05, 0.1) is 5.75 Å². The minimum atomic E-state index is -2.98. The third-order valence-electron chi connectivity index (χ3n) is 3.13. The largest absolute Gasteiger partial charge is 0.325 e. The molecule has 0 radical (unpaired) electrons. The van der Waals surface area contributed by atoms with Crippen molar-refractivity contribution in [2.75, 3.05) is 5.75 Å². The van der Waals surface area contributed by atoms with Crippen molar-refractivity contribution < 1.29 is 8.42 Å². The van der Waals surface area contributed by atoms with Gasteiger partial charge in [-0.2, -0.15) is 0 Å². The van der Waals surface area contributed by atoms with Crippen molar-refractivity contribution in [3.8, 4) is 0 Å². The molecule has 16 heavy (non-hydrogen) atoms. The van der Waals surface area contributed by atoms with E-state index in [2.05, 4.69) is 13.8 Å². The summed E-state index contributed by atoms with van der Waals surface area (Å²) in [7, 11) is -2.98. The van der Waals surface area contributed by atoms with Crippen LogP contribution in [0.4, 0.5) is 0 Å². The molecule has 0 bridgehead atoms. The Balaban J connectivity index is 2.29. The molecule has 1 aromatic carbocycles. The van der Waals surface area contributed by atoms with E-state index in [-0.39, 0.29) is 11.8 Å². The summed E-state index contributed by atoms with van der Waals surface area (Å²) >= 11 is 0. The lowest BCUT2D eigenvalue weighted by Crippen LogP contribution is -2.50. The highest BCUT2D eigenvalue weighted by molar-refractivity contribution is 7.93. The predicted molar refractivity (Wildman–Crippen MR) is 65.0 cm³/mol. The van der Waals surface area contributed by atoms with Gasteiger partial charge in [-0.15, -0.1) is 0 Å². The van der Waals surface area contributed by atoms with Crippen molar-refractivity contribution in [3.05, 3.63) is 35.4 Å². The topological polar surface area (TPSA) is 60.2 Å². The van der Waals surface area contributed by atoms with Gasteiger partial charge in [0.15, 0.2) is 9.84 Å². The molecule has 2 N–H and O–H groups in total. The van der Waals surface area contributed by atoms with Gasteiger partial charge in [-0.3, -0.25) is 0 Å². The number of sulfone groups is 1. The fraction of sp³-hybridized carbons (Fsp3) is 0.500. The van der Waals surface area contributed by atoms with Gasteiger partial charge in [-0.25, -0.2) is 8.42 Å². The van der Waals surface area contributed by atoms with Crippen LogP contribution in [0.1, 0.15) is 36.1 Å². The molecule has 88 valence electrons. The van der Waals surface area contributed by atoms with Gasteiger partial charge in [0.25, 0.3) is 0 Å². The maximum atomic E-state index is 11.6. The molecule has 2 atom stereocenters. The molecule has 2 unspecified atom stereocenters. The lowest BCUT2D eigenvalue weighted by atomic mass is 9.99. The summed E-state index contributed by atoms with van der Waals surface area (Å²) in [5.41, 5.74) is 7.79. The third kappa shape index (κ3) is 1.87. The van der Waals surface area contributed by atoms with Gasteiger partial charge in [-0.1, -0.05) is 38.1 Å². The average Bonchev–Trinajstić information content (AvgIpc) is 2.16. The molecule has 0 amide bonds. The summed E-state index contributed by atoms with van der Waals surface area (Å²) in [4.78, 5) is 0. The van der Waals surface area contributed by atoms with E-state index in [9.17, 15) is 8.42 Å². The van der Waals surface area contributed by atoms with Crippen molar-refractivity contribution in [2.45, 2.75) is 31.1 Å². The Bertz CT molecular complexity index is 476. The Labute approximate surface area is 96.6 Å². The highest BCUT2D eigenvalue weighted by Crippen LogP contribution is 2.35. The molecule has 4 heteroatoms. The molecule has 1 heterocycles. The molecule has 1 aliphatic rings. The molecule has 0 saturated carbocycles. The van der Waals surface area contributed by atoms with E-state index in [0.717, 1.165) is 5.56 Å². The van der Waals surface area contributed by atoms with Crippen LogP contribution >= 0.6 is 0 Å². The Kier molecular flexibility index (Phi) is 2.80. The number of benzene rings is 1. The number of hydrogen-bond donors (Lipinski definition) is 1. The zero-order chi connectivity index (χ0) is 11.9. The van der Waals surface area contributed by atoms with Crippen LogP contribution in [0.25, 0.3) is 0 Å². The first-order valence-electron chi connectivity index (χ1n) is 5.49. The molecule has 2 rings (SSSR count). The average molecular weight is 239 g/mol. The lowest BCUT2D eigenvalue weighted by molar-refractivity contribution is 0.523. The van der Waals surface area contributed by atoms with Crippen LogP contribution in [-0.4, -0.2) is 20.2 Å². The second-order valence-electron chi connectivity index (χ2n) is 4.74. The molecule has 0 aromatic heterocycles. The highest BCUT2D eigenvalue weighted by atomic mass is 32.2. The summed E-state index contributed by atoms with van der Waals surface area (Å²) in [5, 5.41) is -0.492. The standard InChI is InChI=1S/C12H17NO2S/c1-8(2)9-3-5-10(6-4-9)12-11(13)7-16(12,14)15/h3-6,8,11-12H,7,13H2,1-2H3. The molecule has 1 aromatic rings. The second kappa shape index (κ2) is 3.86. The third-order valence-corrected chi connectivity index (χ3v) is 5.38. The van der Waals surface area contributed by atoms with Gasteiger partial charge < -0.3 is 5.73 Å². The minimum Gasteiger partial charge on any atom is -0.325 e. The van der Waals surface area contributed by atoms with Crippen molar-refractivity contribution in [2.24, 2.45) is 5.73 Å². The maximum absolute atomic E-state index is 11.6. The Morgan fingerprint density at radius 3 is 2.19 bits per heavy atom. The smallest absolute Gasteiger partial charge is 0.160 e. The van der Waals surface area contributed by atoms with Gasteiger partial charge in [-0.05, 0) is 17.0 Å². The molecule has 1 saturated heterocycles. The summed E-state index contributed by atoms with van der Waals surface area (Å²) < 4.78 is 23.1. The van der Waals surface area contributed by atoms with Crippen LogP contribution < -0.4 is 5.73 Å². The van der Waals surface area contributed by atoms with Crippen LogP contribution in [0.3, 0.4) is 0 Å². The van der Waals surface area contributed by atoms with Crippen LogP contribution in [0, 0.1) is 0 Å². The SMILES string of the molecule is CC(C)c1ccc(C2C(N)CS2(=O)=O)cc1. The van der Waals surface area contributed by atoms with Crippen molar-refractivity contribution in [1.29, 1.82) is 0 Å². The van der Waals surface area contributed by atoms with Crippen molar-refractivity contribution in [1.82, 2.24) is 0 Å². The first kappa shape index (κ1) is 11.6. The van der Waals surface area contributed by atoms with Gasteiger partial charge in [0.2, 0.25) is 0 Å². The molecule has 0 aliphatic carbocycles. The second-order valence-corrected chi connectivity index (χ2v) is 6.90. The van der Waals surface area contributed by atoms with Gasteiger partial charge in [0.1, 0.15) is 5.25 Å². The van der Waals surface area contributed by atoms with Crippen LogP contribution in [0.5, 0.6) is 0 Å². The van der Waals surface area contributed by atoms with E-state index in [1.165, 1.54) is 5.56 Å². The predicted octanol–water partition coefficient (Wildman–Crippen LogP) is 1.61. The van der Waals surface area contributed by atoms with Crippen LogP contribution in [0.15, 0.2) is 24.3 Å². The van der Waals surface area contributed by atoms with Crippen LogP contribution in [-0.2, 0) is 9.84 Å². The fourth-order valence-corrected chi connectivity index (χ4v) is 3.91. The molecule has 0 spiro atoms. The summed E-state index contributed by atoms with van der Waals surface area (Å²) in [6.45, 7) is 4.22. The lowest BCUT2D eigenvalue weighted by Gasteiger charge is -2.33.